The van der Waals surface area contributed by atoms with E-state index in [0.717, 1.165) is 30.9 Å². The molecule has 2 heterocycles. The van der Waals surface area contributed by atoms with Gasteiger partial charge < -0.3 is 9.73 Å². The number of nitrogens with zero attached hydrogens (tertiary/aromatic N) is 1. The molecule has 0 unspecified atom stereocenters. The van der Waals surface area contributed by atoms with E-state index in [-0.39, 0.29) is 22.1 Å². The van der Waals surface area contributed by atoms with Gasteiger partial charge in [-0.15, -0.1) is 0 Å². The van der Waals surface area contributed by atoms with Crippen LogP contribution in [0, 0.1) is 6.92 Å². The van der Waals surface area contributed by atoms with Crippen molar-refractivity contribution in [2.24, 2.45) is 0 Å². The number of fused-ring (bicyclic) bond motifs is 1. The van der Waals surface area contributed by atoms with Crippen LogP contribution in [0.2, 0.25) is 0 Å². The first-order valence-corrected chi connectivity index (χ1v) is 11.7. The van der Waals surface area contributed by atoms with Crippen LogP contribution in [-0.4, -0.2) is 31.2 Å². The van der Waals surface area contributed by atoms with E-state index in [2.05, 4.69) is 5.32 Å². The van der Waals surface area contributed by atoms with Gasteiger partial charge in [0.15, 0.2) is 11.2 Å². The highest BCUT2D eigenvalue weighted by Gasteiger charge is 2.30. The van der Waals surface area contributed by atoms with Crippen molar-refractivity contribution in [3.05, 3.63) is 70.1 Å². The molecular formula is C23H24N2O5S. The van der Waals surface area contributed by atoms with Crippen molar-refractivity contribution in [3.63, 3.8) is 0 Å². The maximum atomic E-state index is 12.9. The molecule has 3 aromatic rings. The van der Waals surface area contributed by atoms with E-state index in [1.807, 2.05) is 13.8 Å². The van der Waals surface area contributed by atoms with Gasteiger partial charge in [-0.1, -0.05) is 18.1 Å². The van der Waals surface area contributed by atoms with E-state index >= 15 is 0 Å². The zero-order valence-electron chi connectivity index (χ0n) is 17.4. The summed E-state index contributed by atoms with van der Waals surface area (Å²) in [6.45, 7) is 4.31. The Morgan fingerprint density at radius 2 is 1.84 bits per heavy atom. The van der Waals surface area contributed by atoms with E-state index in [1.54, 1.807) is 18.2 Å². The molecule has 1 aliphatic heterocycles. The molecule has 0 aliphatic carbocycles. The summed E-state index contributed by atoms with van der Waals surface area (Å²) in [5.74, 6) is -0.694. The number of anilines is 1. The maximum absolute atomic E-state index is 12.9. The second-order valence-electron chi connectivity index (χ2n) is 7.91. The van der Waals surface area contributed by atoms with Crippen LogP contribution >= 0.6 is 0 Å². The van der Waals surface area contributed by atoms with Gasteiger partial charge in [-0.2, -0.15) is 4.31 Å². The number of carbonyl (C=O) groups excluding carboxylic acids is 1. The van der Waals surface area contributed by atoms with Crippen LogP contribution in [0.25, 0.3) is 11.0 Å². The number of hydrogen-bond donors (Lipinski definition) is 1. The minimum Gasteiger partial charge on any atom is -0.451 e. The van der Waals surface area contributed by atoms with Crippen LogP contribution in [0.4, 0.5) is 5.69 Å². The number of amides is 1. The lowest BCUT2D eigenvalue weighted by atomic mass is 10.1. The van der Waals surface area contributed by atoms with Gasteiger partial charge in [-0.3, -0.25) is 9.59 Å². The first-order chi connectivity index (χ1) is 14.8. The SMILES string of the molecule is Cc1ccc2oc(C(=O)Nc3ccc(S(=O)(=O)N4CCCC[C@@H]4C)cc3)cc(=O)c2c1. The summed E-state index contributed by atoms with van der Waals surface area (Å²) in [6, 6.07) is 12.3. The standard InChI is InChI=1S/C23H24N2O5S/c1-15-6-11-21-19(13-15)20(26)14-22(30-21)23(27)24-17-7-9-18(10-8-17)31(28,29)25-12-4-3-5-16(25)2/h6-11,13-14,16H,3-5,12H2,1-2H3,(H,24,27)/t16-/m0/s1. The molecule has 0 radical (unpaired) electrons. The lowest BCUT2D eigenvalue weighted by Gasteiger charge is -2.32. The van der Waals surface area contributed by atoms with Gasteiger partial charge in [0.1, 0.15) is 5.58 Å². The molecule has 1 atom stereocenters. The van der Waals surface area contributed by atoms with Crippen molar-refractivity contribution in [1.29, 1.82) is 0 Å². The Labute approximate surface area is 180 Å². The van der Waals surface area contributed by atoms with Gasteiger partial charge in [-0.25, -0.2) is 8.42 Å². The smallest absolute Gasteiger partial charge is 0.291 e. The Morgan fingerprint density at radius 3 is 2.55 bits per heavy atom. The minimum absolute atomic E-state index is 0.0299. The topological polar surface area (TPSA) is 96.7 Å². The third-order valence-electron chi connectivity index (χ3n) is 5.57. The first kappa shape index (κ1) is 21.3. The van der Waals surface area contributed by atoms with Crippen LogP contribution in [0.15, 0.2) is 62.6 Å². The number of benzene rings is 2. The number of aryl methyl sites for hydroxylation is 1. The van der Waals surface area contributed by atoms with Gasteiger partial charge >= 0.3 is 0 Å². The highest BCUT2D eigenvalue weighted by Crippen LogP contribution is 2.26. The largest absolute Gasteiger partial charge is 0.451 e. The highest BCUT2D eigenvalue weighted by atomic mass is 32.2. The molecule has 1 saturated heterocycles. The monoisotopic (exact) mass is 440 g/mol. The van der Waals surface area contributed by atoms with E-state index < -0.39 is 15.9 Å². The molecule has 8 heteroatoms. The van der Waals surface area contributed by atoms with Crippen LogP contribution in [0.5, 0.6) is 0 Å². The molecule has 2 aromatic carbocycles. The van der Waals surface area contributed by atoms with Gasteiger partial charge in [0.25, 0.3) is 5.91 Å². The molecule has 1 fully saturated rings. The van der Waals surface area contributed by atoms with Gasteiger partial charge in [0, 0.05) is 24.3 Å². The fourth-order valence-electron chi connectivity index (χ4n) is 3.85. The molecule has 162 valence electrons. The Morgan fingerprint density at radius 1 is 1.10 bits per heavy atom. The first-order valence-electron chi connectivity index (χ1n) is 10.2. The number of rotatable bonds is 4. The van der Waals surface area contributed by atoms with Crippen LogP contribution in [-0.2, 0) is 10.0 Å². The van der Waals surface area contributed by atoms with Crippen molar-refractivity contribution in [2.75, 3.05) is 11.9 Å². The summed E-state index contributed by atoms with van der Waals surface area (Å²) in [5, 5.41) is 3.06. The van der Waals surface area contributed by atoms with Crippen LogP contribution < -0.4 is 10.7 Å². The van der Waals surface area contributed by atoms with Crippen molar-refractivity contribution < 1.29 is 17.6 Å². The van der Waals surface area contributed by atoms with Crippen LogP contribution in [0.1, 0.15) is 42.3 Å². The van der Waals surface area contributed by atoms with Crippen molar-refractivity contribution in [3.8, 4) is 0 Å². The minimum atomic E-state index is -3.58. The molecule has 1 aliphatic rings. The Kier molecular flexibility index (Phi) is 5.68. The van der Waals surface area contributed by atoms with E-state index in [9.17, 15) is 18.0 Å². The van der Waals surface area contributed by atoms with E-state index in [4.69, 9.17) is 4.42 Å². The van der Waals surface area contributed by atoms with Crippen molar-refractivity contribution in [1.82, 2.24) is 4.31 Å². The number of hydrogen-bond acceptors (Lipinski definition) is 5. The summed E-state index contributed by atoms with van der Waals surface area (Å²) in [7, 11) is -3.58. The Hall–Kier alpha value is -2.97. The second-order valence-corrected chi connectivity index (χ2v) is 9.80. The summed E-state index contributed by atoms with van der Waals surface area (Å²) < 4.78 is 33.0. The number of sulfonamides is 1. The van der Waals surface area contributed by atoms with E-state index in [1.165, 1.54) is 28.6 Å². The molecule has 7 nitrogen and oxygen atoms in total. The fraction of sp³-hybridized carbons (Fsp3) is 0.304. The van der Waals surface area contributed by atoms with Crippen LogP contribution in [0.3, 0.4) is 0 Å². The third-order valence-corrected chi connectivity index (χ3v) is 7.60. The molecular weight excluding hydrogens is 416 g/mol. The quantitative estimate of drug-likeness (QED) is 0.663. The summed E-state index contributed by atoms with van der Waals surface area (Å²) in [4.78, 5) is 25.1. The lowest BCUT2D eigenvalue weighted by molar-refractivity contribution is 0.0997. The van der Waals surface area contributed by atoms with Crippen molar-refractivity contribution in [2.45, 2.75) is 44.0 Å². The second kappa shape index (κ2) is 8.28. The Bertz CT molecular complexity index is 1300. The van der Waals surface area contributed by atoms with E-state index in [0.29, 0.717) is 23.2 Å². The number of piperidine rings is 1. The summed E-state index contributed by atoms with van der Waals surface area (Å²) >= 11 is 0. The number of carbonyl (C=O) groups is 1. The Balaban J connectivity index is 1.54. The molecule has 31 heavy (non-hydrogen) atoms. The predicted octanol–water partition coefficient (Wildman–Crippen LogP) is 3.92. The summed E-state index contributed by atoms with van der Waals surface area (Å²) in [5.41, 5.74) is 1.36. The van der Waals surface area contributed by atoms with Crippen molar-refractivity contribution >= 4 is 32.6 Å². The highest BCUT2D eigenvalue weighted by molar-refractivity contribution is 7.89. The average molecular weight is 441 g/mol. The molecule has 0 spiro atoms. The number of nitrogens with one attached hydrogen (secondary N) is 1. The predicted molar refractivity (Wildman–Crippen MR) is 119 cm³/mol. The zero-order valence-corrected chi connectivity index (χ0v) is 18.2. The molecule has 1 amide bonds. The zero-order chi connectivity index (χ0) is 22.2. The summed E-state index contributed by atoms with van der Waals surface area (Å²) in [6.07, 6.45) is 2.74. The maximum Gasteiger partial charge on any atom is 0.291 e. The van der Waals surface area contributed by atoms with Gasteiger partial charge in [0.05, 0.1) is 10.3 Å². The molecule has 0 bridgehead atoms. The van der Waals surface area contributed by atoms with Gasteiger partial charge in [-0.05, 0) is 63.1 Å². The third kappa shape index (κ3) is 4.26. The fourth-order valence-corrected chi connectivity index (χ4v) is 5.55. The molecule has 1 N–H and O–H groups in total. The average Bonchev–Trinajstić information content (AvgIpc) is 2.74. The molecule has 0 saturated carbocycles. The lowest BCUT2D eigenvalue weighted by Crippen LogP contribution is -2.41. The normalized spacial score (nSPS) is 17.5. The molecule has 4 rings (SSSR count). The molecule has 1 aromatic heterocycles. The van der Waals surface area contributed by atoms with Gasteiger partial charge in [0.2, 0.25) is 10.0 Å².